The molecule has 0 aromatic heterocycles. The van der Waals surface area contributed by atoms with E-state index in [0.717, 1.165) is 29.0 Å². The number of ether oxygens (including phenoxy) is 2. The van der Waals surface area contributed by atoms with Gasteiger partial charge in [-0.15, -0.1) is 0 Å². The van der Waals surface area contributed by atoms with Crippen LogP contribution >= 0.6 is 11.6 Å². The van der Waals surface area contributed by atoms with Gasteiger partial charge in [-0.2, -0.15) is 0 Å². The number of carbonyl (C=O) groups excluding carboxylic acids is 1. The molecule has 0 saturated heterocycles. The Labute approximate surface area is 156 Å². The topological polar surface area (TPSA) is 47.6 Å². The van der Waals surface area contributed by atoms with E-state index in [1.165, 1.54) is 5.56 Å². The van der Waals surface area contributed by atoms with Gasteiger partial charge in [-0.1, -0.05) is 23.8 Å². The first-order valence-electron chi connectivity index (χ1n) is 8.79. The molecule has 5 heteroatoms. The highest BCUT2D eigenvalue weighted by atomic mass is 35.5. The summed E-state index contributed by atoms with van der Waals surface area (Å²) in [5.41, 5.74) is 4.02. The quantitative estimate of drug-likeness (QED) is 0.592. The van der Waals surface area contributed by atoms with Crippen molar-refractivity contribution in [1.82, 2.24) is 0 Å². The summed E-state index contributed by atoms with van der Waals surface area (Å²) in [4.78, 5) is 11.8. The van der Waals surface area contributed by atoms with E-state index in [1.54, 1.807) is 6.92 Å². The Hall–Kier alpha value is -2.46. The third kappa shape index (κ3) is 2.32. The predicted molar refractivity (Wildman–Crippen MR) is 100 cm³/mol. The molecule has 0 unspecified atom stereocenters. The average molecular weight is 368 g/mol. The van der Waals surface area contributed by atoms with Crippen LogP contribution in [0.2, 0.25) is 5.02 Å². The lowest BCUT2D eigenvalue weighted by Gasteiger charge is -2.38. The van der Waals surface area contributed by atoms with Crippen molar-refractivity contribution in [1.29, 1.82) is 0 Å². The van der Waals surface area contributed by atoms with Crippen LogP contribution in [0.15, 0.2) is 42.5 Å². The van der Waals surface area contributed by atoms with Crippen molar-refractivity contribution in [3.05, 3.63) is 64.2 Å². The van der Waals surface area contributed by atoms with Crippen molar-refractivity contribution in [2.24, 2.45) is 5.92 Å². The van der Waals surface area contributed by atoms with Crippen LogP contribution in [-0.4, -0.2) is 12.6 Å². The van der Waals surface area contributed by atoms with E-state index in [-0.39, 0.29) is 24.5 Å². The number of hydrogen-bond donors (Lipinski definition) is 1. The van der Waals surface area contributed by atoms with Crippen molar-refractivity contribution in [3.8, 4) is 11.5 Å². The van der Waals surface area contributed by atoms with Gasteiger partial charge in [0.2, 0.25) is 6.79 Å². The fourth-order valence-corrected chi connectivity index (χ4v) is 4.56. The minimum absolute atomic E-state index is 0.0766. The summed E-state index contributed by atoms with van der Waals surface area (Å²) in [6, 6.07) is 9.82. The van der Waals surface area contributed by atoms with Crippen LogP contribution in [0, 0.1) is 5.92 Å². The van der Waals surface area contributed by atoms with Gasteiger partial charge in [0.25, 0.3) is 0 Å². The van der Waals surface area contributed by atoms with Gasteiger partial charge in [0.15, 0.2) is 17.3 Å². The van der Waals surface area contributed by atoms with Crippen molar-refractivity contribution < 1.29 is 14.3 Å². The Morgan fingerprint density at radius 2 is 1.96 bits per heavy atom. The lowest BCUT2D eigenvalue weighted by molar-refractivity contribution is 0.101. The van der Waals surface area contributed by atoms with Crippen molar-refractivity contribution in [3.63, 3.8) is 0 Å². The molecule has 0 amide bonds. The number of halogens is 1. The molecular formula is C21H18ClNO3. The first-order chi connectivity index (χ1) is 12.6. The summed E-state index contributed by atoms with van der Waals surface area (Å²) in [6.07, 6.45) is 5.44. The van der Waals surface area contributed by atoms with Gasteiger partial charge in [-0.25, -0.2) is 0 Å². The van der Waals surface area contributed by atoms with E-state index in [1.807, 2.05) is 30.3 Å². The normalized spacial score (nSPS) is 24.8. The summed E-state index contributed by atoms with van der Waals surface area (Å²) in [5.74, 6) is 2.15. The zero-order valence-corrected chi connectivity index (χ0v) is 15.0. The number of carbonyl (C=O) groups is 1. The summed E-state index contributed by atoms with van der Waals surface area (Å²) in [6.45, 7) is 1.84. The summed E-state index contributed by atoms with van der Waals surface area (Å²) in [5, 5.41) is 4.33. The van der Waals surface area contributed by atoms with E-state index >= 15 is 0 Å². The first kappa shape index (κ1) is 15.8. The van der Waals surface area contributed by atoms with Gasteiger partial charge in [0.05, 0.1) is 6.04 Å². The van der Waals surface area contributed by atoms with Gasteiger partial charge < -0.3 is 14.8 Å². The Bertz CT molecular complexity index is 953. The molecule has 2 aliphatic heterocycles. The number of Topliss-reactive ketones (excluding diaryl/α,β-unsaturated/α-hetero) is 1. The number of rotatable bonds is 2. The second-order valence-corrected chi connectivity index (χ2v) is 7.47. The number of hydrogen-bond acceptors (Lipinski definition) is 4. The van der Waals surface area contributed by atoms with Gasteiger partial charge in [-0.05, 0) is 54.7 Å². The third-order valence-electron chi connectivity index (χ3n) is 5.60. The summed E-state index contributed by atoms with van der Waals surface area (Å²) >= 11 is 6.58. The standard InChI is InChI=1S/C21H18ClNO3/c1-11(24)12-5-6-18-15(7-12)13-3-2-4-14(13)21(23-18)16-8-19-20(9-17(16)22)26-10-25-19/h2-3,5-9,13-14,21,23H,4,10H2,1H3/t13-,14+,21-/m1/s1. The van der Waals surface area contributed by atoms with E-state index in [0.29, 0.717) is 16.7 Å². The Morgan fingerprint density at radius 3 is 2.77 bits per heavy atom. The fourth-order valence-electron chi connectivity index (χ4n) is 4.29. The molecule has 0 saturated carbocycles. The van der Waals surface area contributed by atoms with Crippen LogP contribution in [0.5, 0.6) is 11.5 Å². The molecule has 2 heterocycles. The van der Waals surface area contributed by atoms with Crippen LogP contribution in [0.1, 0.15) is 46.8 Å². The summed E-state index contributed by atoms with van der Waals surface area (Å²) in [7, 11) is 0. The molecular weight excluding hydrogens is 350 g/mol. The van der Waals surface area contributed by atoms with Gasteiger partial charge in [-0.3, -0.25) is 4.79 Å². The van der Waals surface area contributed by atoms with E-state index < -0.39 is 0 Å². The third-order valence-corrected chi connectivity index (χ3v) is 5.92. The average Bonchev–Trinajstić information content (AvgIpc) is 3.29. The monoisotopic (exact) mass is 367 g/mol. The molecule has 4 nitrogen and oxygen atoms in total. The molecule has 0 bridgehead atoms. The SMILES string of the molecule is CC(=O)c1ccc2c(c1)[C@@H]1C=CC[C@@H]1[C@H](c1cc3c(cc1Cl)OCO3)N2. The molecule has 1 aliphatic carbocycles. The molecule has 2 aromatic rings. The molecule has 0 radical (unpaired) electrons. The number of anilines is 1. The summed E-state index contributed by atoms with van der Waals surface area (Å²) < 4.78 is 11.0. The Kier molecular flexibility index (Phi) is 3.50. The number of allylic oxidation sites excluding steroid dienone is 2. The highest BCUT2D eigenvalue weighted by Crippen LogP contribution is 2.52. The lowest BCUT2D eigenvalue weighted by atomic mass is 9.76. The number of benzene rings is 2. The van der Waals surface area contributed by atoms with Crippen LogP contribution in [-0.2, 0) is 0 Å². The van der Waals surface area contributed by atoms with Crippen LogP contribution in [0.25, 0.3) is 0 Å². The maximum absolute atomic E-state index is 11.8. The molecule has 3 atom stereocenters. The van der Waals surface area contributed by atoms with Crippen molar-refractivity contribution in [2.45, 2.75) is 25.3 Å². The van der Waals surface area contributed by atoms with Crippen molar-refractivity contribution >= 4 is 23.1 Å². The second-order valence-electron chi connectivity index (χ2n) is 7.06. The molecule has 1 N–H and O–H groups in total. The highest BCUT2D eigenvalue weighted by molar-refractivity contribution is 6.31. The molecule has 5 rings (SSSR count). The fraction of sp³-hybridized carbons (Fsp3) is 0.286. The van der Waals surface area contributed by atoms with Crippen LogP contribution in [0.3, 0.4) is 0 Å². The maximum Gasteiger partial charge on any atom is 0.231 e. The molecule has 0 spiro atoms. The van der Waals surface area contributed by atoms with Gasteiger partial charge in [0.1, 0.15) is 0 Å². The number of fused-ring (bicyclic) bond motifs is 4. The highest BCUT2D eigenvalue weighted by Gasteiger charge is 2.39. The minimum atomic E-state index is 0.0766. The molecule has 132 valence electrons. The Morgan fingerprint density at radius 1 is 1.15 bits per heavy atom. The molecule has 3 aliphatic rings. The van der Waals surface area contributed by atoms with Crippen LogP contribution < -0.4 is 14.8 Å². The van der Waals surface area contributed by atoms with E-state index in [9.17, 15) is 4.79 Å². The van der Waals surface area contributed by atoms with E-state index in [4.69, 9.17) is 21.1 Å². The zero-order valence-electron chi connectivity index (χ0n) is 14.3. The van der Waals surface area contributed by atoms with Crippen LogP contribution in [0.4, 0.5) is 5.69 Å². The Balaban J connectivity index is 1.59. The molecule has 26 heavy (non-hydrogen) atoms. The largest absolute Gasteiger partial charge is 0.454 e. The smallest absolute Gasteiger partial charge is 0.231 e. The molecule has 2 aromatic carbocycles. The van der Waals surface area contributed by atoms with Crippen molar-refractivity contribution in [2.75, 3.05) is 12.1 Å². The number of ketones is 1. The minimum Gasteiger partial charge on any atom is -0.454 e. The lowest BCUT2D eigenvalue weighted by Crippen LogP contribution is -2.29. The van der Waals surface area contributed by atoms with Gasteiger partial charge in [0, 0.05) is 28.3 Å². The number of nitrogens with one attached hydrogen (secondary N) is 1. The van der Waals surface area contributed by atoms with E-state index in [2.05, 4.69) is 17.5 Å². The maximum atomic E-state index is 11.8. The van der Waals surface area contributed by atoms with Gasteiger partial charge >= 0.3 is 0 Å². The zero-order chi connectivity index (χ0) is 17.8. The first-order valence-corrected chi connectivity index (χ1v) is 9.17. The molecule has 0 fully saturated rings. The second kappa shape index (κ2) is 5.78. The predicted octanol–water partition coefficient (Wildman–Crippen LogP) is 5.10.